The minimum atomic E-state index is -0.226. The number of urea groups is 1. The summed E-state index contributed by atoms with van der Waals surface area (Å²) < 4.78 is 2.08. The number of nitrogens with zero attached hydrogens (tertiary/aromatic N) is 1. The number of carbonyl (C=O) groups excluding carboxylic acids is 1. The molecular weight excluding hydrogens is 230 g/mol. The molecule has 2 atom stereocenters. The number of rotatable bonds is 6. The minimum Gasteiger partial charge on any atom is -0.394 e. The highest BCUT2D eigenvalue weighted by molar-refractivity contribution is 5.74. The fourth-order valence-corrected chi connectivity index (χ4v) is 1.73. The van der Waals surface area contributed by atoms with Gasteiger partial charge in [-0.2, -0.15) is 0 Å². The fourth-order valence-electron chi connectivity index (χ4n) is 1.73. The fraction of sp³-hybridized carbons (Fsp3) is 0.615. The van der Waals surface area contributed by atoms with Crippen LogP contribution in [-0.2, 0) is 13.5 Å². The lowest BCUT2D eigenvalue weighted by atomic mass is 10.1. The van der Waals surface area contributed by atoms with E-state index in [0.717, 1.165) is 12.8 Å². The highest BCUT2D eigenvalue weighted by Crippen LogP contribution is 2.05. The quantitative estimate of drug-likeness (QED) is 0.709. The molecule has 0 aliphatic carbocycles. The van der Waals surface area contributed by atoms with Crippen LogP contribution in [0.3, 0.4) is 0 Å². The average Bonchev–Trinajstić information content (AvgIpc) is 2.71. The van der Waals surface area contributed by atoms with Crippen LogP contribution in [0.5, 0.6) is 0 Å². The Kier molecular flexibility index (Phi) is 5.71. The van der Waals surface area contributed by atoms with Crippen molar-refractivity contribution in [3.63, 3.8) is 0 Å². The number of aliphatic hydroxyl groups excluding tert-OH is 1. The van der Waals surface area contributed by atoms with E-state index in [1.807, 2.05) is 26.2 Å². The van der Waals surface area contributed by atoms with Crippen LogP contribution in [0.4, 0.5) is 4.79 Å². The molecule has 0 saturated carbocycles. The Labute approximate surface area is 108 Å². The summed E-state index contributed by atoms with van der Waals surface area (Å²) in [5.41, 5.74) is 1.26. The van der Waals surface area contributed by atoms with Gasteiger partial charge in [-0.25, -0.2) is 4.79 Å². The van der Waals surface area contributed by atoms with Gasteiger partial charge in [0.1, 0.15) is 0 Å². The van der Waals surface area contributed by atoms with Crippen molar-refractivity contribution < 1.29 is 9.90 Å². The number of aromatic nitrogens is 1. The van der Waals surface area contributed by atoms with Crippen molar-refractivity contribution >= 4 is 6.03 Å². The van der Waals surface area contributed by atoms with Gasteiger partial charge in [-0.1, -0.05) is 0 Å². The molecule has 102 valence electrons. The number of hydrogen-bond donors (Lipinski definition) is 3. The Balaban J connectivity index is 2.27. The molecule has 0 saturated heterocycles. The molecule has 0 radical (unpaired) electrons. The van der Waals surface area contributed by atoms with E-state index in [-0.39, 0.29) is 24.7 Å². The molecule has 3 N–H and O–H groups in total. The summed E-state index contributed by atoms with van der Waals surface area (Å²) in [7, 11) is 2.02. The topological polar surface area (TPSA) is 66.3 Å². The van der Waals surface area contributed by atoms with Crippen molar-refractivity contribution in [1.29, 1.82) is 0 Å². The summed E-state index contributed by atoms with van der Waals surface area (Å²) >= 11 is 0. The van der Waals surface area contributed by atoms with E-state index in [9.17, 15) is 4.79 Å². The SMILES string of the molecule is CC(CO)NC(=O)NC(C)CCc1cccn1C. The minimum absolute atomic E-state index is 0.0504. The zero-order chi connectivity index (χ0) is 13.5. The van der Waals surface area contributed by atoms with Gasteiger partial charge in [0.15, 0.2) is 0 Å². The van der Waals surface area contributed by atoms with Crippen molar-refractivity contribution in [2.75, 3.05) is 6.61 Å². The second-order valence-electron chi connectivity index (χ2n) is 4.75. The summed E-state index contributed by atoms with van der Waals surface area (Å²) in [5.74, 6) is 0. The summed E-state index contributed by atoms with van der Waals surface area (Å²) in [5, 5.41) is 14.3. The van der Waals surface area contributed by atoms with E-state index in [1.54, 1.807) is 6.92 Å². The van der Waals surface area contributed by atoms with Gasteiger partial charge in [0.2, 0.25) is 0 Å². The second-order valence-corrected chi connectivity index (χ2v) is 4.75. The Hall–Kier alpha value is -1.49. The molecule has 2 unspecified atom stereocenters. The van der Waals surface area contributed by atoms with E-state index < -0.39 is 0 Å². The highest BCUT2D eigenvalue weighted by atomic mass is 16.3. The van der Waals surface area contributed by atoms with Crippen LogP contribution in [0.25, 0.3) is 0 Å². The smallest absolute Gasteiger partial charge is 0.315 e. The van der Waals surface area contributed by atoms with Crippen LogP contribution in [0.15, 0.2) is 18.3 Å². The molecule has 0 aliphatic rings. The number of aryl methyl sites for hydroxylation is 2. The van der Waals surface area contributed by atoms with Crippen LogP contribution in [0, 0.1) is 0 Å². The molecule has 5 nitrogen and oxygen atoms in total. The van der Waals surface area contributed by atoms with Crippen molar-refractivity contribution in [2.24, 2.45) is 7.05 Å². The molecule has 0 bridgehead atoms. The lowest BCUT2D eigenvalue weighted by Gasteiger charge is -2.17. The van der Waals surface area contributed by atoms with E-state index in [2.05, 4.69) is 21.3 Å². The second kappa shape index (κ2) is 7.06. The van der Waals surface area contributed by atoms with Crippen LogP contribution < -0.4 is 10.6 Å². The maximum atomic E-state index is 11.5. The van der Waals surface area contributed by atoms with E-state index in [4.69, 9.17) is 5.11 Å². The van der Waals surface area contributed by atoms with Crippen molar-refractivity contribution in [3.8, 4) is 0 Å². The highest BCUT2D eigenvalue weighted by Gasteiger charge is 2.10. The van der Waals surface area contributed by atoms with E-state index in [0.29, 0.717) is 0 Å². The van der Waals surface area contributed by atoms with Crippen LogP contribution in [0.2, 0.25) is 0 Å². The number of carbonyl (C=O) groups is 1. The first-order valence-electron chi connectivity index (χ1n) is 6.31. The Morgan fingerprint density at radius 3 is 2.61 bits per heavy atom. The number of amides is 2. The predicted molar refractivity (Wildman–Crippen MR) is 71.4 cm³/mol. The van der Waals surface area contributed by atoms with Crippen LogP contribution in [-0.4, -0.2) is 34.4 Å². The third kappa shape index (κ3) is 4.79. The Morgan fingerprint density at radius 2 is 2.06 bits per heavy atom. The van der Waals surface area contributed by atoms with Crippen molar-refractivity contribution in [2.45, 2.75) is 38.8 Å². The molecule has 0 aliphatic heterocycles. The summed E-state index contributed by atoms with van der Waals surface area (Å²) in [6, 6.07) is 3.76. The molecule has 1 aromatic rings. The average molecular weight is 253 g/mol. The Morgan fingerprint density at radius 1 is 1.39 bits per heavy atom. The zero-order valence-corrected chi connectivity index (χ0v) is 11.3. The van der Waals surface area contributed by atoms with Crippen LogP contribution in [0.1, 0.15) is 26.0 Å². The lowest BCUT2D eigenvalue weighted by molar-refractivity contribution is 0.217. The van der Waals surface area contributed by atoms with Gasteiger partial charge in [0.25, 0.3) is 0 Å². The first-order chi connectivity index (χ1) is 8.52. The van der Waals surface area contributed by atoms with Crippen molar-refractivity contribution in [3.05, 3.63) is 24.0 Å². The molecular formula is C13H23N3O2. The first kappa shape index (κ1) is 14.6. The number of hydrogen-bond acceptors (Lipinski definition) is 2. The molecule has 5 heteroatoms. The standard InChI is InChI=1S/C13H23N3O2/c1-10(14-13(18)15-11(2)9-17)6-7-12-5-4-8-16(12)3/h4-5,8,10-11,17H,6-7,9H2,1-3H3,(H2,14,15,18). The lowest BCUT2D eigenvalue weighted by Crippen LogP contribution is -2.45. The Bertz CT molecular complexity index is 376. The largest absolute Gasteiger partial charge is 0.394 e. The van der Waals surface area contributed by atoms with Gasteiger partial charge in [-0.05, 0) is 38.8 Å². The molecule has 2 amide bonds. The van der Waals surface area contributed by atoms with Gasteiger partial charge < -0.3 is 20.3 Å². The van der Waals surface area contributed by atoms with E-state index in [1.165, 1.54) is 5.69 Å². The monoisotopic (exact) mass is 253 g/mol. The summed E-state index contributed by atoms with van der Waals surface area (Å²) in [4.78, 5) is 11.5. The van der Waals surface area contributed by atoms with Crippen LogP contribution >= 0.6 is 0 Å². The van der Waals surface area contributed by atoms with Crippen molar-refractivity contribution in [1.82, 2.24) is 15.2 Å². The van der Waals surface area contributed by atoms with Gasteiger partial charge in [-0.3, -0.25) is 0 Å². The molecule has 0 aromatic carbocycles. The number of nitrogens with one attached hydrogen (secondary N) is 2. The third-order valence-electron chi connectivity index (χ3n) is 2.91. The normalized spacial score (nSPS) is 14.0. The maximum Gasteiger partial charge on any atom is 0.315 e. The molecule has 0 fully saturated rings. The predicted octanol–water partition coefficient (Wildman–Crippen LogP) is 1.03. The van der Waals surface area contributed by atoms with Gasteiger partial charge in [0, 0.05) is 25.0 Å². The third-order valence-corrected chi connectivity index (χ3v) is 2.91. The molecule has 18 heavy (non-hydrogen) atoms. The zero-order valence-electron chi connectivity index (χ0n) is 11.3. The number of aliphatic hydroxyl groups is 1. The van der Waals surface area contributed by atoms with Gasteiger partial charge >= 0.3 is 6.03 Å². The van der Waals surface area contributed by atoms with Gasteiger partial charge in [-0.15, -0.1) is 0 Å². The summed E-state index contributed by atoms with van der Waals surface area (Å²) in [6.45, 7) is 3.69. The molecule has 1 rings (SSSR count). The maximum absolute atomic E-state index is 11.5. The molecule has 0 spiro atoms. The first-order valence-corrected chi connectivity index (χ1v) is 6.31. The summed E-state index contributed by atoms with van der Waals surface area (Å²) in [6.07, 6.45) is 3.84. The molecule has 1 heterocycles. The molecule has 1 aromatic heterocycles. The van der Waals surface area contributed by atoms with E-state index >= 15 is 0 Å². The van der Waals surface area contributed by atoms with Gasteiger partial charge in [0.05, 0.1) is 12.6 Å².